The normalized spacial score (nSPS) is 10.9. The van der Waals surface area contributed by atoms with Crippen molar-refractivity contribution in [3.63, 3.8) is 0 Å². The summed E-state index contributed by atoms with van der Waals surface area (Å²) in [5.74, 6) is -0.798. The van der Waals surface area contributed by atoms with Crippen LogP contribution >= 0.6 is 0 Å². The molecular formula is C26H24FNO5. The van der Waals surface area contributed by atoms with Crippen molar-refractivity contribution in [3.8, 4) is 11.5 Å². The summed E-state index contributed by atoms with van der Waals surface area (Å²) in [5, 5.41) is 2.80. The maximum atomic E-state index is 13.0. The van der Waals surface area contributed by atoms with Gasteiger partial charge in [-0.05, 0) is 60.7 Å². The third-order valence-electron chi connectivity index (χ3n) is 4.58. The predicted molar refractivity (Wildman–Crippen MR) is 122 cm³/mol. The Morgan fingerprint density at radius 3 is 2.06 bits per heavy atom. The first-order valence-corrected chi connectivity index (χ1v) is 10.3. The van der Waals surface area contributed by atoms with E-state index in [0.717, 1.165) is 0 Å². The Morgan fingerprint density at radius 1 is 0.848 bits per heavy atom. The van der Waals surface area contributed by atoms with E-state index < -0.39 is 17.2 Å². The van der Waals surface area contributed by atoms with Crippen LogP contribution in [0.15, 0.2) is 72.8 Å². The molecule has 0 aromatic heterocycles. The molecule has 0 saturated heterocycles. The smallest absolute Gasteiger partial charge is 0.349 e. The lowest BCUT2D eigenvalue weighted by Gasteiger charge is -2.18. The molecular weight excluding hydrogens is 425 g/mol. The lowest BCUT2D eigenvalue weighted by Crippen LogP contribution is -2.27. The molecule has 0 heterocycles. The molecule has 0 aliphatic carbocycles. The second-order valence-electron chi connectivity index (χ2n) is 8.36. The summed E-state index contributed by atoms with van der Waals surface area (Å²) in [6.45, 7) is 5.09. The molecule has 0 unspecified atom stereocenters. The van der Waals surface area contributed by atoms with E-state index in [0.29, 0.717) is 22.6 Å². The van der Waals surface area contributed by atoms with Crippen molar-refractivity contribution < 1.29 is 28.2 Å². The minimum atomic E-state index is -0.628. The molecule has 0 saturated carbocycles. The Balaban J connectivity index is 1.54. The van der Waals surface area contributed by atoms with Gasteiger partial charge in [-0.1, -0.05) is 26.8 Å². The average Bonchev–Trinajstić information content (AvgIpc) is 2.78. The summed E-state index contributed by atoms with van der Waals surface area (Å²) in [6, 6.07) is 18.0. The van der Waals surface area contributed by atoms with Gasteiger partial charge in [0.25, 0.3) is 0 Å². The van der Waals surface area contributed by atoms with Crippen LogP contribution < -0.4 is 14.8 Å². The molecule has 33 heavy (non-hydrogen) atoms. The fourth-order valence-electron chi connectivity index (χ4n) is 2.73. The van der Waals surface area contributed by atoms with Crippen molar-refractivity contribution in [1.82, 2.24) is 0 Å². The summed E-state index contributed by atoms with van der Waals surface area (Å²) in [7, 11) is 0. The van der Waals surface area contributed by atoms with Crippen LogP contribution in [0.2, 0.25) is 0 Å². The average molecular weight is 449 g/mol. The highest BCUT2D eigenvalue weighted by Gasteiger charge is 2.21. The van der Waals surface area contributed by atoms with Gasteiger partial charge in [0, 0.05) is 28.3 Å². The van der Waals surface area contributed by atoms with Crippen molar-refractivity contribution in [1.29, 1.82) is 0 Å². The van der Waals surface area contributed by atoms with Crippen LogP contribution in [0, 0.1) is 11.2 Å². The molecule has 0 spiro atoms. The maximum absolute atomic E-state index is 13.0. The molecule has 0 atom stereocenters. The molecule has 170 valence electrons. The number of carbonyl (C=O) groups excluding carboxylic acids is 3. The van der Waals surface area contributed by atoms with Gasteiger partial charge in [-0.15, -0.1) is 0 Å². The summed E-state index contributed by atoms with van der Waals surface area (Å²) in [5.41, 5.74) is 0.754. The van der Waals surface area contributed by atoms with Crippen molar-refractivity contribution in [3.05, 3.63) is 89.7 Å². The summed E-state index contributed by atoms with van der Waals surface area (Å²) < 4.78 is 23.7. The zero-order valence-electron chi connectivity index (χ0n) is 18.6. The van der Waals surface area contributed by atoms with Gasteiger partial charge in [0.2, 0.25) is 5.91 Å². The lowest BCUT2D eigenvalue weighted by atomic mass is 9.95. The van der Waals surface area contributed by atoms with Gasteiger partial charge in [0.15, 0.2) is 12.4 Å². The van der Waals surface area contributed by atoms with Gasteiger partial charge in [-0.25, -0.2) is 9.18 Å². The van der Waals surface area contributed by atoms with E-state index in [1.54, 1.807) is 24.3 Å². The Morgan fingerprint density at radius 2 is 1.45 bits per heavy atom. The Kier molecular flexibility index (Phi) is 7.23. The molecule has 0 aliphatic rings. The lowest BCUT2D eigenvalue weighted by molar-refractivity contribution is -0.136. The van der Waals surface area contributed by atoms with E-state index in [-0.39, 0.29) is 24.0 Å². The van der Waals surface area contributed by atoms with E-state index in [1.165, 1.54) is 48.5 Å². The van der Waals surface area contributed by atoms with Gasteiger partial charge in [0.1, 0.15) is 17.3 Å². The monoisotopic (exact) mass is 449 g/mol. The second-order valence-corrected chi connectivity index (χ2v) is 8.36. The number of benzene rings is 3. The number of anilines is 1. The van der Waals surface area contributed by atoms with Crippen molar-refractivity contribution in [2.24, 2.45) is 5.41 Å². The molecule has 7 heteroatoms. The minimum absolute atomic E-state index is 0.139. The van der Waals surface area contributed by atoms with E-state index in [4.69, 9.17) is 9.47 Å². The molecule has 0 fully saturated rings. The fraction of sp³-hybridized carbons (Fsp3) is 0.192. The van der Waals surface area contributed by atoms with Crippen LogP contribution in [0.25, 0.3) is 0 Å². The van der Waals surface area contributed by atoms with Crippen LogP contribution in [0.3, 0.4) is 0 Å². The number of esters is 1. The van der Waals surface area contributed by atoms with Crippen molar-refractivity contribution >= 4 is 23.3 Å². The molecule has 3 aromatic rings. The largest absolute Gasteiger partial charge is 0.482 e. The van der Waals surface area contributed by atoms with Gasteiger partial charge < -0.3 is 14.8 Å². The summed E-state index contributed by atoms with van der Waals surface area (Å²) in [4.78, 5) is 36.7. The Hall–Kier alpha value is -4.00. The van der Waals surface area contributed by atoms with Gasteiger partial charge in [-0.3, -0.25) is 9.59 Å². The topological polar surface area (TPSA) is 81.7 Å². The molecule has 0 bridgehead atoms. The van der Waals surface area contributed by atoms with E-state index in [9.17, 15) is 18.8 Å². The third-order valence-corrected chi connectivity index (χ3v) is 4.58. The first-order valence-electron chi connectivity index (χ1n) is 10.3. The number of ether oxygens (including phenoxy) is 2. The minimum Gasteiger partial charge on any atom is -0.482 e. The number of carbonyl (C=O) groups is 3. The quantitative estimate of drug-likeness (QED) is 0.311. The van der Waals surface area contributed by atoms with Crippen LogP contribution in [0.1, 0.15) is 36.7 Å². The molecule has 1 amide bonds. The molecule has 1 N–H and O–H groups in total. The predicted octanol–water partition coefficient (Wildman–Crippen LogP) is 5.03. The van der Waals surface area contributed by atoms with Crippen molar-refractivity contribution in [2.75, 3.05) is 11.9 Å². The van der Waals surface area contributed by atoms with Crippen LogP contribution in [0.5, 0.6) is 11.5 Å². The van der Waals surface area contributed by atoms with E-state index in [2.05, 4.69) is 5.32 Å². The maximum Gasteiger partial charge on any atom is 0.349 e. The molecule has 0 radical (unpaired) electrons. The highest BCUT2D eigenvalue weighted by molar-refractivity contribution is 6.09. The number of halogens is 1. The number of nitrogens with one attached hydrogen (secondary N) is 1. The number of hydrogen-bond donors (Lipinski definition) is 1. The van der Waals surface area contributed by atoms with Crippen LogP contribution in [0.4, 0.5) is 10.1 Å². The van der Waals surface area contributed by atoms with Crippen molar-refractivity contribution in [2.45, 2.75) is 20.8 Å². The number of rotatable bonds is 7. The fourth-order valence-corrected chi connectivity index (χ4v) is 2.73. The number of amides is 1. The third kappa shape index (κ3) is 6.74. The molecule has 0 aliphatic heterocycles. The molecule has 6 nitrogen and oxygen atoms in total. The first-order chi connectivity index (χ1) is 15.6. The summed E-state index contributed by atoms with van der Waals surface area (Å²) in [6.07, 6.45) is 0. The van der Waals surface area contributed by atoms with Gasteiger partial charge >= 0.3 is 5.97 Å². The van der Waals surface area contributed by atoms with Crippen LogP contribution in [-0.2, 0) is 9.59 Å². The van der Waals surface area contributed by atoms with E-state index in [1.807, 2.05) is 20.8 Å². The standard InChI is InChI=1S/C26H24FNO5/c1-26(2,3)25(31)28-20-5-4-6-22(15-20)32-16-23(29)33-21-13-9-18(10-14-21)24(30)17-7-11-19(27)12-8-17/h4-15H,16H2,1-3H3,(H,28,31). The highest BCUT2D eigenvalue weighted by atomic mass is 19.1. The van der Waals surface area contributed by atoms with Crippen LogP contribution in [-0.4, -0.2) is 24.3 Å². The zero-order chi connectivity index (χ0) is 24.0. The molecule has 3 rings (SSSR count). The SMILES string of the molecule is CC(C)(C)C(=O)Nc1cccc(OCC(=O)Oc2ccc(C(=O)c3ccc(F)cc3)cc2)c1. The summed E-state index contributed by atoms with van der Waals surface area (Å²) >= 11 is 0. The Labute approximate surface area is 191 Å². The first kappa shape index (κ1) is 23.7. The van der Waals surface area contributed by atoms with Gasteiger partial charge in [0.05, 0.1) is 0 Å². The second kappa shape index (κ2) is 10.1. The number of ketones is 1. The number of hydrogen-bond acceptors (Lipinski definition) is 5. The Bertz CT molecular complexity index is 1150. The highest BCUT2D eigenvalue weighted by Crippen LogP contribution is 2.21. The zero-order valence-corrected chi connectivity index (χ0v) is 18.6. The van der Waals surface area contributed by atoms with E-state index >= 15 is 0 Å². The molecule has 3 aromatic carbocycles. The van der Waals surface area contributed by atoms with Gasteiger partial charge in [-0.2, -0.15) is 0 Å².